The molecule has 0 bridgehead atoms. The maximum Gasteiger partial charge on any atom is 0.119 e. The van der Waals surface area contributed by atoms with E-state index in [1.165, 1.54) is 18.4 Å². The average molecular weight is 191 g/mol. The molecule has 0 heterocycles. The van der Waals surface area contributed by atoms with Crippen LogP contribution in [0.3, 0.4) is 0 Å². The van der Waals surface area contributed by atoms with Gasteiger partial charge in [0.05, 0.1) is 6.61 Å². The van der Waals surface area contributed by atoms with E-state index in [-0.39, 0.29) is 0 Å². The van der Waals surface area contributed by atoms with Crippen LogP contribution in [-0.2, 0) is 6.42 Å². The van der Waals surface area contributed by atoms with E-state index in [9.17, 15) is 0 Å². The molecule has 1 heteroatoms. The van der Waals surface area contributed by atoms with Crippen molar-refractivity contribution >= 4 is 0 Å². The van der Waals surface area contributed by atoms with Crippen molar-refractivity contribution in [2.75, 3.05) is 6.61 Å². The Balaban J connectivity index is 2.29. The van der Waals surface area contributed by atoms with Gasteiger partial charge in [0.2, 0.25) is 0 Å². The standard InChI is InChI=1S/C13H19O/c1-3-5-6-11-14-13-9-7-12(4-2)8-10-13/h7-10H,2-6,11H2,1H3. The predicted molar refractivity (Wildman–Crippen MR) is 60.5 cm³/mol. The van der Waals surface area contributed by atoms with E-state index in [2.05, 4.69) is 26.0 Å². The van der Waals surface area contributed by atoms with Gasteiger partial charge in [-0.25, -0.2) is 0 Å². The highest BCUT2D eigenvalue weighted by atomic mass is 16.5. The molecule has 14 heavy (non-hydrogen) atoms. The van der Waals surface area contributed by atoms with Crippen LogP contribution in [0.5, 0.6) is 5.75 Å². The lowest BCUT2D eigenvalue weighted by Crippen LogP contribution is -1.96. The van der Waals surface area contributed by atoms with Gasteiger partial charge in [-0.3, -0.25) is 0 Å². The highest BCUT2D eigenvalue weighted by Gasteiger charge is 1.93. The second kappa shape index (κ2) is 6.47. The zero-order valence-corrected chi connectivity index (χ0v) is 8.96. The Morgan fingerprint density at radius 1 is 1.14 bits per heavy atom. The van der Waals surface area contributed by atoms with E-state index < -0.39 is 0 Å². The number of hydrogen-bond acceptors (Lipinski definition) is 1. The predicted octanol–water partition coefficient (Wildman–Crippen LogP) is 3.63. The molecule has 1 aromatic carbocycles. The molecule has 1 radical (unpaired) electrons. The van der Waals surface area contributed by atoms with Crippen molar-refractivity contribution in [3.8, 4) is 5.75 Å². The third kappa shape index (κ3) is 3.82. The quantitative estimate of drug-likeness (QED) is 0.624. The van der Waals surface area contributed by atoms with Gasteiger partial charge in [0, 0.05) is 0 Å². The van der Waals surface area contributed by atoms with E-state index >= 15 is 0 Å². The average Bonchev–Trinajstić information content (AvgIpc) is 2.25. The first kappa shape index (κ1) is 11.1. The van der Waals surface area contributed by atoms with Crippen LogP contribution in [0.4, 0.5) is 0 Å². The van der Waals surface area contributed by atoms with Crippen molar-refractivity contribution in [3.63, 3.8) is 0 Å². The monoisotopic (exact) mass is 191 g/mol. The number of rotatable bonds is 6. The fourth-order valence-electron chi connectivity index (χ4n) is 1.29. The van der Waals surface area contributed by atoms with Gasteiger partial charge in [0.1, 0.15) is 5.75 Å². The van der Waals surface area contributed by atoms with E-state index in [0.717, 1.165) is 25.2 Å². The highest BCUT2D eigenvalue weighted by Crippen LogP contribution is 2.12. The molecule has 0 aromatic heterocycles. The molecule has 0 atom stereocenters. The molecule has 0 saturated carbocycles. The minimum atomic E-state index is 0.831. The van der Waals surface area contributed by atoms with Crippen molar-refractivity contribution in [2.45, 2.75) is 32.6 Å². The lowest BCUT2D eigenvalue weighted by atomic mass is 10.2. The summed E-state index contributed by atoms with van der Waals surface area (Å²) in [6.45, 7) is 6.86. The fraction of sp³-hybridized carbons (Fsp3) is 0.462. The third-order valence-electron chi connectivity index (χ3n) is 2.23. The van der Waals surface area contributed by atoms with Gasteiger partial charge in [0.15, 0.2) is 0 Å². The van der Waals surface area contributed by atoms with Crippen LogP contribution in [0.1, 0.15) is 31.7 Å². The number of benzene rings is 1. The first-order valence-corrected chi connectivity index (χ1v) is 5.37. The molecule has 77 valence electrons. The summed E-state index contributed by atoms with van der Waals surface area (Å²) in [4.78, 5) is 0. The van der Waals surface area contributed by atoms with E-state index in [4.69, 9.17) is 4.74 Å². The molecule has 0 aliphatic rings. The molecular weight excluding hydrogens is 172 g/mol. The summed E-state index contributed by atoms with van der Waals surface area (Å²) < 4.78 is 5.59. The Labute approximate surface area is 87.1 Å². The molecule has 0 amide bonds. The first-order valence-electron chi connectivity index (χ1n) is 5.37. The Morgan fingerprint density at radius 3 is 2.43 bits per heavy atom. The van der Waals surface area contributed by atoms with E-state index in [0.29, 0.717) is 0 Å². The van der Waals surface area contributed by atoms with Gasteiger partial charge in [-0.1, -0.05) is 31.9 Å². The van der Waals surface area contributed by atoms with E-state index in [1.54, 1.807) is 0 Å². The molecule has 0 aliphatic heterocycles. The molecular formula is C13H19O. The second-order valence-corrected chi connectivity index (χ2v) is 3.45. The second-order valence-electron chi connectivity index (χ2n) is 3.45. The van der Waals surface area contributed by atoms with Crippen LogP contribution in [-0.4, -0.2) is 6.61 Å². The van der Waals surface area contributed by atoms with Gasteiger partial charge < -0.3 is 4.74 Å². The van der Waals surface area contributed by atoms with Crippen LogP contribution >= 0.6 is 0 Å². The summed E-state index contributed by atoms with van der Waals surface area (Å²) in [5.41, 5.74) is 1.26. The van der Waals surface area contributed by atoms with Crippen LogP contribution in [0.2, 0.25) is 0 Å². The van der Waals surface area contributed by atoms with Crippen LogP contribution < -0.4 is 4.74 Å². The molecule has 0 aliphatic carbocycles. The summed E-state index contributed by atoms with van der Waals surface area (Å²) in [7, 11) is 0. The maximum absolute atomic E-state index is 5.59. The Kier molecular flexibility index (Phi) is 5.13. The lowest BCUT2D eigenvalue weighted by Gasteiger charge is -2.05. The smallest absolute Gasteiger partial charge is 0.119 e. The van der Waals surface area contributed by atoms with Crippen molar-refractivity contribution in [1.29, 1.82) is 0 Å². The summed E-state index contributed by atoms with van der Waals surface area (Å²) in [6.07, 6.45) is 4.48. The minimum absolute atomic E-state index is 0.831. The number of ether oxygens (including phenoxy) is 1. The van der Waals surface area contributed by atoms with Crippen molar-refractivity contribution in [3.05, 3.63) is 36.8 Å². The molecule has 1 nitrogen and oxygen atoms in total. The van der Waals surface area contributed by atoms with Crippen LogP contribution in [0.15, 0.2) is 24.3 Å². The van der Waals surface area contributed by atoms with Crippen LogP contribution in [0, 0.1) is 6.92 Å². The van der Waals surface area contributed by atoms with Gasteiger partial charge in [0.25, 0.3) is 0 Å². The molecule has 1 rings (SSSR count). The summed E-state index contributed by atoms with van der Waals surface area (Å²) in [6, 6.07) is 8.18. The Morgan fingerprint density at radius 2 is 1.86 bits per heavy atom. The molecule has 0 N–H and O–H groups in total. The van der Waals surface area contributed by atoms with Crippen molar-refractivity contribution in [2.24, 2.45) is 0 Å². The summed E-state index contributed by atoms with van der Waals surface area (Å²) >= 11 is 0. The molecule has 0 saturated heterocycles. The van der Waals surface area contributed by atoms with Gasteiger partial charge in [-0.15, -0.1) is 0 Å². The van der Waals surface area contributed by atoms with Crippen LogP contribution in [0.25, 0.3) is 0 Å². The normalized spacial score (nSPS) is 10.1. The zero-order chi connectivity index (χ0) is 10.2. The van der Waals surface area contributed by atoms with Gasteiger partial charge in [-0.05, 0) is 37.5 Å². The Bertz CT molecular complexity index is 238. The number of unbranched alkanes of at least 4 members (excludes halogenated alkanes) is 2. The Hall–Kier alpha value is -0.980. The number of hydrogen-bond donors (Lipinski definition) is 0. The zero-order valence-electron chi connectivity index (χ0n) is 8.96. The molecule has 0 spiro atoms. The van der Waals surface area contributed by atoms with Crippen molar-refractivity contribution in [1.82, 2.24) is 0 Å². The summed E-state index contributed by atoms with van der Waals surface area (Å²) in [5, 5.41) is 0. The molecule has 0 fully saturated rings. The maximum atomic E-state index is 5.59. The lowest BCUT2D eigenvalue weighted by molar-refractivity contribution is 0.306. The molecule has 0 unspecified atom stereocenters. The topological polar surface area (TPSA) is 9.23 Å². The third-order valence-corrected chi connectivity index (χ3v) is 2.23. The minimum Gasteiger partial charge on any atom is -0.494 e. The molecule has 1 aromatic rings. The highest BCUT2D eigenvalue weighted by molar-refractivity contribution is 5.27. The largest absolute Gasteiger partial charge is 0.494 e. The first-order chi connectivity index (χ1) is 6.86. The van der Waals surface area contributed by atoms with Gasteiger partial charge in [-0.2, -0.15) is 0 Å². The van der Waals surface area contributed by atoms with Gasteiger partial charge >= 0.3 is 0 Å². The van der Waals surface area contributed by atoms with Crippen molar-refractivity contribution < 1.29 is 4.74 Å². The summed E-state index contributed by atoms with van der Waals surface area (Å²) in [5.74, 6) is 0.971. The SMILES string of the molecule is [CH2]Cc1ccc(OCCCCC)cc1. The van der Waals surface area contributed by atoms with E-state index in [1.807, 2.05) is 12.1 Å². The fourth-order valence-corrected chi connectivity index (χ4v) is 1.29.